The van der Waals surface area contributed by atoms with E-state index in [-0.39, 0.29) is 18.8 Å². The largest absolute Gasteiger partial charge is 0.496 e. The smallest absolute Gasteiger partial charge is 0.410 e. The molecule has 0 radical (unpaired) electrons. The first-order chi connectivity index (χ1) is 10.7. The number of rotatable bonds is 6. The van der Waals surface area contributed by atoms with Crippen molar-refractivity contribution >= 4 is 12.1 Å². The van der Waals surface area contributed by atoms with Gasteiger partial charge in [-0.15, -0.1) is 6.58 Å². The summed E-state index contributed by atoms with van der Waals surface area (Å²) in [6.45, 7) is 9.40. The summed E-state index contributed by atoms with van der Waals surface area (Å²) < 4.78 is 10.5. The van der Waals surface area contributed by atoms with E-state index in [1.165, 1.54) is 24.3 Å². The molecule has 1 aromatic heterocycles. The van der Waals surface area contributed by atoms with Gasteiger partial charge in [0, 0.05) is 24.4 Å². The van der Waals surface area contributed by atoms with Crippen molar-refractivity contribution in [3.05, 3.63) is 36.2 Å². The summed E-state index contributed by atoms with van der Waals surface area (Å²) >= 11 is 0. The molecule has 0 bridgehead atoms. The Hall–Kier alpha value is -2.57. The van der Waals surface area contributed by atoms with Gasteiger partial charge in [0.05, 0.1) is 13.7 Å². The molecule has 0 saturated carbocycles. The van der Waals surface area contributed by atoms with Crippen molar-refractivity contribution in [2.45, 2.75) is 32.9 Å². The Labute approximate surface area is 135 Å². The second-order valence-electron chi connectivity index (χ2n) is 5.84. The van der Waals surface area contributed by atoms with Crippen molar-refractivity contribution in [1.29, 1.82) is 0 Å². The first-order valence-electron chi connectivity index (χ1n) is 7.03. The lowest BCUT2D eigenvalue weighted by Gasteiger charge is -2.27. The van der Waals surface area contributed by atoms with E-state index in [2.05, 4.69) is 11.6 Å². The number of carbonyl (C=O) groups excluding carboxylic acids is 1. The van der Waals surface area contributed by atoms with E-state index >= 15 is 0 Å². The molecule has 1 amide bonds. The fourth-order valence-corrected chi connectivity index (χ4v) is 1.78. The average molecular weight is 322 g/mol. The second kappa shape index (κ2) is 7.62. The maximum absolute atomic E-state index is 12.2. The van der Waals surface area contributed by atoms with Crippen LogP contribution in [0.3, 0.4) is 0 Å². The van der Waals surface area contributed by atoms with E-state index in [0.717, 1.165) is 0 Å². The van der Waals surface area contributed by atoms with Crippen LogP contribution in [0.25, 0.3) is 0 Å². The van der Waals surface area contributed by atoms with E-state index in [1.807, 2.05) is 0 Å². The number of aromatic carboxylic acids is 1. The third kappa shape index (κ3) is 5.61. The van der Waals surface area contributed by atoms with Gasteiger partial charge >= 0.3 is 12.1 Å². The Balaban J connectivity index is 3.02. The van der Waals surface area contributed by atoms with Crippen LogP contribution < -0.4 is 4.74 Å². The molecule has 0 saturated heterocycles. The highest BCUT2D eigenvalue weighted by Gasteiger charge is 2.23. The van der Waals surface area contributed by atoms with Crippen LogP contribution >= 0.6 is 0 Å². The van der Waals surface area contributed by atoms with Crippen molar-refractivity contribution in [3.8, 4) is 5.75 Å². The van der Waals surface area contributed by atoms with E-state index in [4.69, 9.17) is 14.6 Å². The van der Waals surface area contributed by atoms with Gasteiger partial charge < -0.3 is 14.6 Å². The molecule has 0 aliphatic heterocycles. The van der Waals surface area contributed by atoms with Crippen LogP contribution in [0.15, 0.2) is 24.9 Å². The van der Waals surface area contributed by atoms with Crippen molar-refractivity contribution in [2.24, 2.45) is 0 Å². The lowest BCUT2D eigenvalue weighted by molar-refractivity contribution is 0.0255. The van der Waals surface area contributed by atoms with E-state index < -0.39 is 17.7 Å². The molecular weight excluding hydrogens is 300 g/mol. The molecule has 0 atom stereocenters. The molecule has 7 heteroatoms. The molecule has 0 aliphatic carbocycles. The van der Waals surface area contributed by atoms with Crippen LogP contribution in [-0.4, -0.2) is 46.3 Å². The zero-order valence-corrected chi connectivity index (χ0v) is 13.8. The molecule has 0 unspecified atom stereocenters. The van der Waals surface area contributed by atoms with Crippen molar-refractivity contribution < 1.29 is 24.2 Å². The van der Waals surface area contributed by atoms with Gasteiger partial charge in [0.15, 0.2) is 5.69 Å². The summed E-state index contributed by atoms with van der Waals surface area (Å²) in [4.78, 5) is 28.5. The zero-order chi connectivity index (χ0) is 17.6. The molecule has 1 rings (SSSR count). The fourth-order valence-electron chi connectivity index (χ4n) is 1.78. The van der Waals surface area contributed by atoms with Crippen LogP contribution in [0.5, 0.6) is 5.75 Å². The molecule has 1 N–H and O–H groups in total. The number of methoxy groups -OCH3 is 1. The zero-order valence-electron chi connectivity index (χ0n) is 13.8. The highest BCUT2D eigenvalue weighted by atomic mass is 16.6. The average Bonchev–Trinajstić information content (AvgIpc) is 2.45. The van der Waals surface area contributed by atoms with Gasteiger partial charge in [-0.2, -0.15) is 0 Å². The van der Waals surface area contributed by atoms with Gasteiger partial charge in [-0.3, -0.25) is 4.90 Å². The van der Waals surface area contributed by atoms with Gasteiger partial charge in [-0.25, -0.2) is 14.6 Å². The summed E-state index contributed by atoms with van der Waals surface area (Å²) in [6.07, 6.45) is 2.46. The Bertz CT molecular complexity index is 593. The van der Waals surface area contributed by atoms with Crippen LogP contribution in [0.2, 0.25) is 0 Å². The maximum Gasteiger partial charge on any atom is 0.410 e. The second-order valence-corrected chi connectivity index (χ2v) is 5.84. The van der Waals surface area contributed by atoms with Gasteiger partial charge in [0.1, 0.15) is 11.4 Å². The number of hydrogen-bond acceptors (Lipinski definition) is 5. The van der Waals surface area contributed by atoms with Crippen LogP contribution in [-0.2, 0) is 11.3 Å². The Morgan fingerprint density at radius 1 is 1.43 bits per heavy atom. The number of hydrogen-bond donors (Lipinski definition) is 1. The molecule has 1 heterocycles. The van der Waals surface area contributed by atoms with Gasteiger partial charge in [-0.05, 0) is 20.8 Å². The summed E-state index contributed by atoms with van der Waals surface area (Å²) in [7, 11) is 1.43. The first-order valence-corrected chi connectivity index (χ1v) is 7.03. The summed E-state index contributed by atoms with van der Waals surface area (Å²) in [6, 6.07) is 1.32. The summed E-state index contributed by atoms with van der Waals surface area (Å²) in [5.74, 6) is -0.806. The lowest BCUT2D eigenvalue weighted by Crippen LogP contribution is -2.36. The number of pyridine rings is 1. The highest BCUT2D eigenvalue weighted by Crippen LogP contribution is 2.21. The minimum absolute atomic E-state index is 0.127. The Morgan fingerprint density at radius 2 is 2.09 bits per heavy atom. The van der Waals surface area contributed by atoms with Crippen LogP contribution in [0.4, 0.5) is 4.79 Å². The number of nitrogens with zero attached hydrogens (tertiary/aromatic N) is 2. The first kappa shape index (κ1) is 18.5. The van der Waals surface area contributed by atoms with Crippen molar-refractivity contribution in [1.82, 2.24) is 9.88 Å². The molecule has 0 aliphatic rings. The van der Waals surface area contributed by atoms with Crippen molar-refractivity contribution in [2.75, 3.05) is 13.7 Å². The normalized spacial score (nSPS) is 10.8. The molecule has 126 valence electrons. The van der Waals surface area contributed by atoms with E-state index in [9.17, 15) is 9.59 Å². The minimum atomic E-state index is -1.15. The van der Waals surface area contributed by atoms with Crippen LogP contribution in [0, 0.1) is 0 Å². The molecule has 0 aromatic carbocycles. The Morgan fingerprint density at radius 3 is 2.57 bits per heavy atom. The standard InChI is InChI=1S/C16H22N2O5/c1-6-7-18(15(21)23-16(2,3)4)10-11-9-17-12(14(19)20)8-13(11)22-5/h6,8-9H,1,7,10H2,2-5H3,(H,19,20). The lowest BCUT2D eigenvalue weighted by atomic mass is 10.2. The number of amides is 1. The van der Waals surface area contributed by atoms with Gasteiger partial charge in [0.2, 0.25) is 0 Å². The third-order valence-corrected chi connectivity index (χ3v) is 2.75. The van der Waals surface area contributed by atoms with Crippen LogP contribution in [0.1, 0.15) is 36.8 Å². The number of carboxylic acid groups (broad SMARTS) is 1. The molecule has 0 spiro atoms. The van der Waals surface area contributed by atoms with Gasteiger partial charge in [-0.1, -0.05) is 6.08 Å². The molecule has 23 heavy (non-hydrogen) atoms. The molecule has 7 nitrogen and oxygen atoms in total. The quantitative estimate of drug-likeness (QED) is 0.810. The topological polar surface area (TPSA) is 89.0 Å². The number of carboxylic acids is 1. The number of aromatic nitrogens is 1. The predicted molar refractivity (Wildman–Crippen MR) is 84.6 cm³/mol. The van der Waals surface area contributed by atoms with E-state index in [1.54, 1.807) is 26.8 Å². The van der Waals surface area contributed by atoms with Crippen molar-refractivity contribution in [3.63, 3.8) is 0 Å². The van der Waals surface area contributed by atoms with Gasteiger partial charge in [0.25, 0.3) is 0 Å². The highest BCUT2D eigenvalue weighted by molar-refractivity contribution is 5.85. The molecule has 1 aromatic rings. The van der Waals surface area contributed by atoms with E-state index in [0.29, 0.717) is 11.3 Å². The fraction of sp³-hybridized carbons (Fsp3) is 0.438. The number of carbonyl (C=O) groups is 2. The summed E-state index contributed by atoms with van der Waals surface area (Å²) in [5, 5.41) is 8.96. The SMILES string of the molecule is C=CCN(Cc1cnc(C(=O)O)cc1OC)C(=O)OC(C)(C)C. The Kier molecular flexibility index (Phi) is 6.12. The minimum Gasteiger partial charge on any atom is -0.496 e. The maximum atomic E-state index is 12.2. The molecule has 0 fully saturated rings. The molecular formula is C16H22N2O5. The number of ether oxygens (including phenoxy) is 2. The third-order valence-electron chi connectivity index (χ3n) is 2.75. The monoisotopic (exact) mass is 322 g/mol. The predicted octanol–water partition coefficient (Wildman–Crippen LogP) is 2.71. The summed E-state index contributed by atoms with van der Waals surface area (Å²) in [5.41, 5.74) is -0.171.